The van der Waals surface area contributed by atoms with Crippen LogP contribution in [0.2, 0.25) is 0 Å². The Balaban J connectivity index is 1.39. The standard InChI is InChI=1S/C23H22F3N3O3/c1-15-29(18-5-4-16(12-27)21(11-18)23(24,25)26)13-20(32-15)14-31-19-8-6-17(7-9-19)28-10-2-3-22(28)30/h4-9,11,15,20H,2-3,10,13-14H2,1H3/t15-,20+/m1/s1. The van der Waals surface area contributed by atoms with Crippen molar-refractivity contribution in [1.82, 2.24) is 0 Å². The number of carbonyl (C=O) groups excluding carboxylic acids is 1. The summed E-state index contributed by atoms with van der Waals surface area (Å²) in [4.78, 5) is 15.3. The van der Waals surface area contributed by atoms with Gasteiger partial charge in [-0.2, -0.15) is 18.4 Å². The van der Waals surface area contributed by atoms with Gasteiger partial charge < -0.3 is 19.3 Å². The number of amides is 1. The zero-order valence-electron chi connectivity index (χ0n) is 17.4. The Morgan fingerprint density at radius 1 is 1.19 bits per heavy atom. The predicted octanol–water partition coefficient (Wildman–Crippen LogP) is 4.33. The fourth-order valence-corrected chi connectivity index (χ4v) is 4.05. The van der Waals surface area contributed by atoms with Crippen molar-refractivity contribution in [1.29, 1.82) is 5.26 Å². The molecule has 2 fully saturated rings. The summed E-state index contributed by atoms with van der Waals surface area (Å²) in [5.41, 5.74) is -0.196. The molecular formula is C23H22F3N3O3. The van der Waals surface area contributed by atoms with E-state index in [-0.39, 0.29) is 18.6 Å². The summed E-state index contributed by atoms with van der Waals surface area (Å²) >= 11 is 0. The van der Waals surface area contributed by atoms with Gasteiger partial charge in [0.1, 0.15) is 24.7 Å². The number of hydrogen-bond acceptors (Lipinski definition) is 5. The third-order valence-electron chi connectivity index (χ3n) is 5.65. The topological polar surface area (TPSA) is 65.8 Å². The fraction of sp³-hybridized carbons (Fsp3) is 0.391. The van der Waals surface area contributed by atoms with Gasteiger partial charge in [0.2, 0.25) is 5.91 Å². The van der Waals surface area contributed by atoms with Crippen molar-refractivity contribution in [3.8, 4) is 11.8 Å². The van der Waals surface area contributed by atoms with Gasteiger partial charge in [0, 0.05) is 24.3 Å². The van der Waals surface area contributed by atoms with E-state index in [4.69, 9.17) is 14.7 Å². The fourth-order valence-electron chi connectivity index (χ4n) is 4.05. The van der Waals surface area contributed by atoms with Crippen molar-refractivity contribution in [2.24, 2.45) is 0 Å². The second kappa shape index (κ2) is 8.71. The minimum Gasteiger partial charge on any atom is -0.491 e. The molecule has 0 unspecified atom stereocenters. The first kappa shape index (κ1) is 22.0. The Bertz CT molecular complexity index is 1030. The zero-order chi connectivity index (χ0) is 22.9. The highest BCUT2D eigenvalue weighted by Gasteiger charge is 2.36. The van der Waals surface area contributed by atoms with Crippen molar-refractivity contribution < 1.29 is 27.4 Å². The molecule has 0 bridgehead atoms. The first-order chi connectivity index (χ1) is 15.3. The van der Waals surface area contributed by atoms with Crippen LogP contribution in [0.4, 0.5) is 24.5 Å². The number of rotatable bonds is 5. The molecule has 2 aliphatic rings. The lowest BCUT2D eigenvalue weighted by molar-refractivity contribution is -0.137. The molecule has 0 aromatic heterocycles. The van der Waals surface area contributed by atoms with Gasteiger partial charge in [0.25, 0.3) is 0 Å². The molecule has 0 aliphatic carbocycles. The predicted molar refractivity (Wildman–Crippen MR) is 111 cm³/mol. The SMILES string of the molecule is C[C@H]1O[C@H](COc2ccc(N3CCCC3=O)cc2)CN1c1ccc(C#N)c(C(F)(F)F)c1. The summed E-state index contributed by atoms with van der Waals surface area (Å²) in [7, 11) is 0. The normalized spacial score (nSPS) is 21.2. The Kier molecular flexibility index (Phi) is 5.98. The largest absolute Gasteiger partial charge is 0.491 e. The van der Waals surface area contributed by atoms with Crippen molar-refractivity contribution >= 4 is 17.3 Å². The quantitative estimate of drug-likeness (QED) is 0.685. The van der Waals surface area contributed by atoms with Crippen LogP contribution in [0.5, 0.6) is 5.75 Å². The smallest absolute Gasteiger partial charge is 0.417 e. The van der Waals surface area contributed by atoms with Crippen LogP contribution in [0, 0.1) is 11.3 Å². The van der Waals surface area contributed by atoms with Crippen molar-refractivity contribution in [2.75, 3.05) is 29.5 Å². The van der Waals surface area contributed by atoms with Crippen LogP contribution in [-0.2, 0) is 15.7 Å². The van der Waals surface area contributed by atoms with Gasteiger partial charge >= 0.3 is 6.18 Å². The molecule has 1 amide bonds. The highest BCUT2D eigenvalue weighted by atomic mass is 19.4. The molecule has 6 nitrogen and oxygen atoms in total. The Morgan fingerprint density at radius 2 is 1.91 bits per heavy atom. The van der Waals surface area contributed by atoms with Gasteiger partial charge in [-0.25, -0.2) is 0 Å². The van der Waals surface area contributed by atoms with E-state index in [0.717, 1.165) is 18.2 Å². The van der Waals surface area contributed by atoms with Crippen LogP contribution in [-0.4, -0.2) is 37.9 Å². The molecule has 0 saturated carbocycles. The molecule has 2 atom stereocenters. The summed E-state index contributed by atoms with van der Waals surface area (Å²) in [6.07, 6.45) is -3.97. The van der Waals surface area contributed by atoms with Crippen molar-refractivity contribution in [3.05, 3.63) is 53.6 Å². The maximum atomic E-state index is 13.3. The van der Waals surface area contributed by atoms with Crippen LogP contribution in [0.25, 0.3) is 0 Å². The maximum Gasteiger partial charge on any atom is 0.417 e. The van der Waals surface area contributed by atoms with Crippen molar-refractivity contribution in [3.63, 3.8) is 0 Å². The van der Waals surface area contributed by atoms with E-state index >= 15 is 0 Å². The minimum absolute atomic E-state index is 0.114. The van der Waals surface area contributed by atoms with Crippen LogP contribution in [0.1, 0.15) is 30.9 Å². The molecule has 2 aromatic carbocycles. The van der Waals surface area contributed by atoms with E-state index in [0.29, 0.717) is 30.9 Å². The summed E-state index contributed by atoms with van der Waals surface area (Å²) in [5.74, 6) is 0.733. The summed E-state index contributed by atoms with van der Waals surface area (Å²) in [6, 6.07) is 12.5. The summed E-state index contributed by atoms with van der Waals surface area (Å²) in [5, 5.41) is 8.98. The molecule has 168 valence electrons. The molecule has 0 radical (unpaired) electrons. The third-order valence-corrected chi connectivity index (χ3v) is 5.65. The van der Waals surface area contributed by atoms with E-state index in [1.54, 1.807) is 34.9 Å². The van der Waals surface area contributed by atoms with E-state index in [1.165, 1.54) is 12.1 Å². The van der Waals surface area contributed by atoms with Gasteiger partial charge in [0.05, 0.1) is 23.7 Å². The molecule has 2 saturated heterocycles. The number of carbonyl (C=O) groups is 1. The molecule has 32 heavy (non-hydrogen) atoms. The average Bonchev–Trinajstić information content (AvgIpc) is 3.36. The number of nitriles is 1. The summed E-state index contributed by atoms with van der Waals surface area (Å²) in [6.45, 7) is 3.05. The number of ether oxygens (including phenoxy) is 2. The van der Waals surface area contributed by atoms with Crippen LogP contribution in [0.15, 0.2) is 42.5 Å². The first-order valence-electron chi connectivity index (χ1n) is 10.3. The number of benzene rings is 2. The van der Waals surface area contributed by atoms with E-state index in [9.17, 15) is 18.0 Å². The van der Waals surface area contributed by atoms with Gasteiger partial charge in [-0.15, -0.1) is 0 Å². The van der Waals surface area contributed by atoms with E-state index in [1.807, 2.05) is 12.1 Å². The number of hydrogen-bond donors (Lipinski definition) is 0. The van der Waals surface area contributed by atoms with Crippen molar-refractivity contribution in [2.45, 2.75) is 38.3 Å². The minimum atomic E-state index is -4.61. The molecule has 0 N–H and O–H groups in total. The average molecular weight is 445 g/mol. The van der Waals surface area contributed by atoms with Crippen LogP contribution < -0.4 is 14.5 Å². The molecular weight excluding hydrogens is 423 g/mol. The second-order valence-corrected chi connectivity index (χ2v) is 7.80. The van der Waals surface area contributed by atoms with E-state index < -0.39 is 23.5 Å². The second-order valence-electron chi connectivity index (χ2n) is 7.80. The maximum absolute atomic E-state index is 13.3. The lowest BCUT2D eigenvalue weighted by atomic mass is 10.1. The number of alkyl halides is 3. The number of anilines is 2. The third kappa shape index (κ3) is 4.50. The van der Waals surface area contributed by atoms with Gasteiger partial charge in [-0.1, -0.05) is 0 Å². The highest BCUT2D eigenvalue weighted by Crippen LogP contribution is 2.36. The number of nitrogens with zero attached hydrogens (tertiary/aromatic N) is 3. The Labute approximate surface area is 183 Å². The molecule has 0 spiro atoms. The van der Waals surface area contributed by atoms with Crippen LogP contribution in [0.3, 0.4) is 0 Å². The van der Waals surface area contributed by atoms with Gasteiger partial charge in [-0.05, 0) is 55.8 Å². The van der Waals surface area contributed by atoms with Gasteiger partial charge in [-0.3, -0.25) is 4.79 Å². The van der Waals surface area contributed by atoms with Crippen LogP contribution >= 0.6 is 0 Å². The molecule has 4 rings (SSSR count). The molecule has 2 aromatic rings. The Hall–Kier alpha value is -3.25. The lowest BCUT2D eigenvalue weighted by Gasteiger charge is -2.23. The highest BCUT2D eigenvalue weighted by molar-refractivity contribution is 5.95. The van der Waals surface area contributed by atoms with E-state index in [2.05, 4.69) is 0 Å². The molecule has 2 heterocycles. The summed E-state index contributed by atoms with van der Waals surface area (Å²) < 4.78 is 51.5. The molecule has 2 aliphatic heterocycles. The lowest BCUT2D eigenvalue weighted by Crippen LogP contribution is -2.29. The Morgan fingerprint density at radius 3 is 2.53 bits per heavy atom. The van der Waals surface area contributed by atoms with Gasteiger partial charge in [0.15, 0.2) is 0 Å². The molecule has 9 heteroatoms. The monoisotopic (exact) mass is 445 g/mol. The number of halogens is 3. The zero-order valence-corrected chi connectivity index (χ0v) is 17.4. The first-order valence-corrected chi connectivity index (χ1v) is 10.3.